The highest BCUT2D eigenvalue weighted by Gasteiger charge is 2.35. The summed E-state index contributed by atoms with van der Waals surface area (Å²) in [4.78, 5) is 1.98. The van der Waals surface area contributed by atoms with Crippen LogP contribution in [0.5, 0.6) is 0 Å². The van der Waals surface area contributed by atoms with E-state index in [9.17, 15) is 13.9 Å². The molecule has 16 heavy (non-hydrogen) atoms. The van der Waals surface area contributed by atoms with Crippen LogP contribution < -0.4 is 0 Å². The first-order chi connectivity index (χ1) is 7.48. The van der Waals surface area contributed by atoms with E-state index in [2.05, 4.69) is 0 Å². The van der Waals surface area contributed by atoms with E-state index in [0.29, 0.717) is 13.0 Å². The number of hydrogen-bond donors (Lipinski definition) is 1. The van der Waals surface area contributed by atoms with Gasteiger partial charge in [-0.2, -0.15) is 0 Å². The van der Waals surface area contributed by atoms with Crippen molar-refractivity contribution < 1.29 is 13.9 Å². The summed E-state index contributed by atoms with van der Waals surface area (Å²) in [6.45, 7) is 1.29. The van der Waals surface area contributed by atoms with Crippen LogP contribution in [-0.2, 0) is 6.42 Å². The number of benzene rings is 1. The van der Waals surface area contributed by atoms with Crippen molar-refractivity contribution in [1.82, 2.24) is 4.90 Å². The predicted molar refractivity (Wildman–Crippen MR) is 57.1 cm³/mol. The third-order valence-corrected chi connectivity index (χ3v) is 3.05. The van der Waals surface area contributed by atoms with Crippen molar-refractivity contribution in [2.75, 3.05) is 20.1 Å². The fourth-order valence-corrected chi connectivity index (χ4v) is 2.24. The molecule has 0 saturated carbocycles. The van der Waals surface area contributed by atoms with E-state index >= 15 is 0 Å². The van der Waals surface area contributed by atoms with E-state index in [4.69, 9.17) is 0 Å². The zero-order valence-electron chi connectivity index (χ0n) is 9.21. The number of aliphatic hydroxyl groups is 1. The molecular weight excluding hydrogens is 212 g/mol. The summed E-state index contributed by atoms with van der Waals surface area (Å²) in [6, 6.07) is 3.35. The summed E-state index contributed by atoms with van der Waals surface area (Å²) >= 11 is 0. The van der Waals surface area contributed by atoms with E-state index in [-0.39, 0.29) is 12.0 Å². The summed E-state index contributed by atoms with van der Waals surface area (Å²) < 4.78 is 26.4. The quantitative estimate of drug-likeness (QED) is 0.829. The third-order valence-electron chi connectivity index (χ3n) is 3.05. The second-order valence-electron chi connectivity index (χ2n) is 4.62. The molecule has 1 aliphatic rings. The number of nitrogens with zero attached hydrogens (tertiary/aromatic N) is 1. The largest absolute Gasteiger partial charge is 0.388 e. The minimum absolute atomic E-state index is 0.168. The summed E-state index contributed by atoms with van der Waals surface area (Å²) in [6.07, 6.45) is 0.764. The highest BCUT2D eigenvalue weighted by molar-refractivity contribution is 5.21. The van der Waals surface area contributed by atoms with Crippen LogP contribution in [0.2, 0.25) is 0 Å². The van der Waals surface area contributed by atoms with Gasteiger partial charge >= 0.3 is 0 Å². The van der Waals surface area contributed by atoms with E-state index in [0.717, 1.165) is 24.7 Å². The first-order valence-electron chi connectivity index (χ1n) is 5.33. The van der Waals surface area contributed by atoms with Crippen LogP contribution in [0.3, 0.4) is 0 Å². The highest BCUT2D eigenvalue weighted by atomic mass is 19.1. The van der Waals surface area contributed by atoms with E-state index < -0.39 is 17.2 Å². The maximum absolute atomic E-state index is 13.4. The number of β-amino-alcohol motifs (C(OH)–C–C–N with tert-alkyl or cyclic N) is 1. The van der Waals surface area contributed by atoms with Gasteiger partial charge in [0.25, 0.3) is 0 Å². The minimum atomic E-state index is -0.927. The maximum Gasteiger partial charge on any atom is 0.126 e. The van der Waals surface area contributed by atoms with Gasteiger partial charge in [0.1, 0.15) is 11.6 Å². The number of rotatable bonds is 2. The molecule has 0 spiro atoms. The van der Waals surface area contributed by atoms with Crippen molar-refractivity contribution >= 4 is 0 Å². The van der Waals surface area contributed by atoms with Crippen LogP contribution in [0.25, 0.3) is 0 Å². The molecule has 1 heterocycles. The lowest BCUT2D eigenvalue weighted by Gasteiger charge is -2.22. The van der Waals surface area contributed by atoms with Crippen molar-refractivity contribution in [1.29, 1.82) is 0 Å². The lowest BCUT2D eigenvalue weighted by Crippen LogP contribution is -2.34. The Morgan fingerprint density at radius 2 is 2.19 bits per heavy atom. The van der Waals surface area contributed by atoms with Crippen LogP contribution >= 0.6 is 0 Å². The van der Waals surface area contributed by atoms with Gasteiger partial charge in [0.15, 0.2) is 0 Å². The van der Waals surface area contributed by atoms with Crippen LogP contribution in [0, 0.1) is 11.6 Å². The second-order valence-corrected chi connectivity index (χ2v) is 4.62. The van der Waals surface area contributed by atoms with Crippen LogP contribution in [0.4, 0.5) is 8.78 Å². The van der Waals surface area contributed by atoms with E-state index in [1.54, 1.807) is 0 Å². The van der Waals surface area contributed by atoms with Crippen molar-refractivity contribution in [3.8, 4) is 0 Å². The highest BCUT2D eigenvalue weighted by Crippen LogP contribution is 2.25. The standard InChI is InChI=1S/C12H15F2NO/c1-15-5-4-12(16,8-15)7-9-6-10(13)2-3-11(9)14/h2-3,6,16H,4-5,7-8H2,1H3. The van der Waals surface area contributed by atoms with Gasteiger partial charge in [-0.1, -0.05) is 0 Å². The second kappa shape index (κ2) is 4.11. The van der Waals surface area contributed by atoms with Gasteiger partial charge in [0.2, 0.25) is 0 Å². The Balaban J connectivity index is 2.17. The van der Waals surface area contributed by atoms with Crippen LogP contribution in [-0.4, -0.2) is 35.7 Å². The average molecular weight is 227 g/mol. The van der Waals surface area contributed by atoms with Crippen molar-refractivity contribution in [3.05, 3.63) is 35.4 Å². The number of hydrogen-bond acceptors (Lipinski definition) is 2. The van der Waals surface area contributed by atoms with E-state index in [1.165, 1.54) is 0 Å². The monoisotopic (exact) mass is 227 g/mol. The number of halogens is 2. The minimum Gasteiger partial charge on any atom is -0.388 e. The third kappa shape index (κ3) is 2.39. The van der Waals surface area contributed by atoms with Crippen molar-refractivity contribution in [2.45, 2.75) is 18.4 Å². The Morgan fingerprint density at radius 3 is 2.81 bits per heavy atom. The zero-order chi connectivity index (χ0) is 11.8. The summed E-state index contributed by atoms with van der Waals surface area (Å²) in [5, 5.41) is 10.2. The summed E-state index contributed by atoms with van der Waals surface area (Å²) in [7, 11) is 1.90. The molecule has 0 amide bonds. The fraction of sp³-hybridized carbons (Fsp3) is 0.500. The first kappa shape index (κ1) is 11.5. The Hall–Kier alpha value is -1.00. The summed E-state index contributed by atoms with van der Waals surface area (Å²) in [5.74, 6) is -0.921. The number of likely N-dealkylation sites (N-methyl/N-ethyl adjacent to an activating group) is 1. The molecule has 4 heteroatoms. The van der Waals surface area contributed by atoms with Crippen molar-refractivity contribution in [3.63, 3.8) is 0 Å². The molecule has 2 rings (SSSR count). The fourth-order valence-electron chi connectivity index (χ4n) is 2.24. The first-order valence-corrected chi connectivity index (χ1v) is 5.33. The molecule has 2 nitrogen and oxygen atoms in total. The molecule has 88 valence electrons. The van der Waals surface area contributed by atoms with Gasteiger partial charge in [-0.25, -0.2) is 8.78 Å². The SMILES string of the molecule is CN1CCC(O)(Cc2cc(F)ccc2F)C1. The molecule has 1 saturated heterocycles. The smallest absolute Gasteiger partial charge is 0.126 e. The molecule has 1 aliphatic heterocycles. The Morgan fingerprint density at radius 1 is 1.44 bits per heavy atom. The molecular formula is C12H15F2NO. The van der Waals surface area contributed by atoms with Crippen molar-refractivity contribution in [2.24, 2.45) is 0 Å². The molecule has 0 radical (unpaired) electrons. The normalized spacial score (nSPS) is 26.2. The molecule has 0 aliphatic carbocycles. The lowest BCUT2D eigenvalue weighted by molar-refractivity contribution is 0.0514. The molecule has 1 atom stereocenters. The molecule has 1 aromatic carbocycles. The van der Waals surface area contributed by atoms with Gasteiger partial charge in [-0.3, -0.25) is 0 Å². The van der Waals surface area contributed by atoms with Gasteiger partial charge < -0.3 is 10.0 Å². The molecule has 1 N–H and O–H groups in total. The molecule has 0 aromatic heterocycles. The maximum atomic E-state index is 13.4. The number of likely N-dealkylation sites (tertiary alicyclic amines) is 1. The predicted octanol–water partition coefficient (Wildman–Crippen LogP) is 1.57. The lowest BCUT2D eigenvalue weighted by atomic mass is 9.93. The topological polar surface area (TPSA) is 23.5 Å². The molecule has 1 aromatic rings. The zero-order valence-corrected chi connectivity index (χ0v) is 9.21. The van der Waals surface area contributed by atoms with Gasteiger partial charge in [-0.15, -0.1) is 0 Å². The van der Waals surface area contributed by atoms with Gasteiger partial charge in [0, 0.05) is 19.5 Å². The summed E-state index contributed by atoms with van der Waals surface area (Å²) in [5.41, 5.74) is -0.679. The van der Waals surface area contributed by atoms with Gasteiger partial charge in [0.05, 0.1) is 5.60 Å². The van der Waals surface area contributed by atoms with Gasteiger partial charge in [-0.05, 0) is 37.2 Å². The Bertz CT molecular complexity index is 397. The Labute approximate surface area is 93.5 Å². The Kier molecular flexibility index (Phi) is 2.95. The van der Waals surface area contributed by atoms with E-state index in [1.807, 2.05) is 11.9 Å². The molecule has 1 fully saturated rings. The molecule has 1 unspecified atom stereocenters. The average Bonchev–Trinajstić information content (AvgIpc) is 2.52. The molecule has 0 bridgehead atoms. The van der Waals surface area contributed by atoms with Crippen LogP contribution in [0.1, 0.15) is 12.0 Å². The van der Waals surface area contributed by atoms with Crippen LogP contribution in [0.15, 0.2) is 18.2 Å².